The van der Waals surface area contributed by atoms with E-state index < -0.39 is 27.4 Å². The van der Waals surface area contributed by atoms with Gasteiger partial charge in [0.2, 0.25) is 5.78 Å². The van der Waals surface area contributed by atoms with Crippen LogP contribution in [0, 0.1) is 10.1 Å². The molecule has 0 aliphatic rings. The highest BCUT2D eigenvalue weighted by atomic mass is 32.1. The Balaban J connectivity index is 2.14. The fourth-order valence-corrected chi connectivity index (χ4v) is 3.51. The van der Waals surface area contributed by atoms with E-state index >= 15 is 0 Å². The van der Waals surface area contributed by atoms with E-state index in [1.54, 1.807) is 18.2 Å². The number of thiophene rings is 1. The Morgan fingerprint density at radius 1 is 1.00 bits per heavy atom. The monoisotopic (exact) mass is 377 g/mol. The van der Waals surface area contributed by atoms with Gasteiger partial charge in [-0.1, -0.05) is 42.5 Å². The molecule has 3 aromatic rings. The summed E-state index contributed by atoms with van der Waals surface area (Å²) < 4.78 is 40.2. The summed E-state index contributed by atoms with van der Waals surface area (Å²) in [6, 6.07) is 14.2. The zero-order chi connectivity index (χ0) is 18.9. The van der Waals surface area contributed by atoms with Gasteiger partial charge in [-0.3, -0.25) is 14.9 Å². The van der Waals surface area contributed by atoms with Crippen molar-refractivity contribution in [3.8, 4) is 11.1 Å². The van der Waals surface area contributed by atoms with Crippen molar-refractivity contribution in [2.45, 2.75) is 6.18 Å². The molecule has 0 amide bonds. The first kappa shape index (κ1) is 17.8. The number of carbonyl (C=O) groups is 1. The van der Waals surface area contributed by atoms with Crippen molar-refractivity contribution >= 4 is 22.8 Å². The molecule has 0 unspecified atom stereocenters. The molecule has 0 N–H and O–H groups in total. The summed E-state index contributed by atoms with van der Waals surface area (Å²) in [4.78, 5) is 21.9. The van der Waals surface area contributed by atoms with Crippen molar-refractivity contribution in [3.05, 3.63) is 86.1 Å². The van der Waals surface area contributed by atoms with Crippen molar-refractivity contribution in [1.82, 2.24) is 0 Å². The van der Waals surface area contributed by atoms with E-state index in [0.717, 1.165) is 12.1 Å². The number of benzene rings is 2. The number of nitro groups is 1. The summed E-state index contributed by atoms with van der Waals surface area (Å²) in [6.07, 6.45) is -4.64. The highest BCUT2D eigenvalue weighted by Gasteiger charge is 2.37. The van der Waals surface area contributed by atoms with Crippen LogP contribution in [0.4, 0.5) is 18.9 Å². The number of carbonyl (C=O) groups excluding carboxylic acids is 1. The van der Waals surface area contributed by atoms with Crippen LogP contribution >= 0.6 is 11.3 Å². The SMILES string of the molecule is O=C(c1cc(-c2ccccc2)c(C(F)(F)F)s1)c1ccccc1[N+](=O)[O-]. The molecule has 0 spiro atoms. The lowest BCUT2D eigenvalue weighted by molar-refractivity contribution is -0.385. The molecule has 0 aliphatic carbocycles. The summed E-state index contributed by atoms with van der Waals surface area (Å²) in [5, 5.41) is 11.1. The van der Waals surface area contributed by atoms with Gasteiger partial charge in [0.15, 0.2) is 0 Å². The summed E-state index contributed by atoms with van der Waals surface area (Å²) >= 11 is 0.287. The number of ketones is 1. The van der Waals surface area contributed by atoms with E-state index in [2.05, 4.69) is 0 Å². The fourth-order valence-electron chi connectivity index (χ4n) is 2.50. The zero-order valence-electron chi connectivity index (χ0n) is 13.0. The molecule has 0 radical (unpaired) electrons. The lowest BCUT2D eigenvalue weighted by Crippen LogP contribution is -2.04. The van der Waals surface area contributed by atoms with Gasteiger partial charge in [-0.05, 0) is 17.7 Å². The van der Waals surface area contributed by atoms with Gasteiger partial charge in [0.25, 0.3) is 5.69 Å². The zero-order valence-corrected chi connectivity index (χ0v) is 13.8. The summed E-state index contributed by atoms with van der Waals surface area (Å²) in [7, 11) is 0. The van der Waals surface area contributed by atoms with E-state index in [-0.39, 0.29) is 27.3 Å². The van der Waals surface area contributed by atoms with Gasteiger partial charge in [-0.2, -0.15) is 13.2 Å². The quantitative estimate of drug-likeness (QED) is 0.339. The molecule has 8 heteroatoms. The minimum Gasteiger partial charge on any atom is -0.287 e. The molecular weight excluding hydrogens is 367 g/mol. The Morgan fingerprint density at radius 2 is 1.62 bits per heavy atom. The third-order valence-electron chi connectivity index (χ3n) is 3.64. The van der Waals surface area contributed by atoms with Crippen LogP contribution in [-0.4, -0.2) is 10.7 Å². The topological polar surface area (TPSA) is 60.2 Å². The summed E-state index contributed by atoms with van der Waals surface area (Å²) in [5.41, 5.74) is -0.490. The second-order valence-electron chi connectivity index (χ2n) is 5.32. The third-order valence-corrected chi connectivity index (χ3v) is 4.82. The number of para-hydroxylation sites is 1. The fraction of sp³-hybridized carbons (Fsp3) is 0.0556. The number of hydrogen-bond donors (Lipinski definition) is 0. The van der Waals surface area contributed by atoms with Crippen LogP contribution in [0.5, 0.6) is 0 Å². The molecule has 0 atom stereocenters. The number of hydrogen-bond acceptors (Lipinski definition) is 4. The van der Waals surface area contributed by atoms with Crippen LogP contribution in [0.15, 0.2) is 60.7 Å². The van der Waals surface area contributed by atoms with Crippen molar-refractivity contribution < 1.29 is 22.9 Å². The van der Waals surface area contributed by atoms with Crippen molar-refractivity contribution in [3.63, 3.8) is 0 Å². The first-order valence-corrected chi connectivity index (χ1v) is 8.15. The first-order chi connectivity index (χ1) is 12.3. The average molecular weight is 377 g/mol. The molecule has 132 valence electrons. The Bertz CT molecular complexity index is 981. The second-order valence-corrected chi connectivity index (χ2v) is 6.37. The molecule has 2 aromatic carbocycles. The van der Waals surface area contributed by atoms with E-state index in [1.807, 2.05) is 0 Å². The molecule has 3 rings (SSSR count). The standard InChI is InChI=1S/C18H10F3NO3S/c19-18(20,21)17-13(11-6-2-1-3-7-11)10-15(26-17)16(23)12-8-4-5-9-14(12)22(24)25/h1-10H. The van der Waals surface area contributed by atoms with Gasteiger partial charge < -0.3 is 0 Å². The molecule has 0 bridgehead atoms. The Labute approximate surface area is 149 Å². The lowest BCUT2D eigenvalue weighted by atomic mass is 10.0. The van der Waals surface area contributed by atoms with E-state index in [9.17, 15) is 28.1 Å². The maximum Gasteiger partial charge on any atom is 0.426 e. The third kappa shape index (κ3) is 3.36. The maximum absolute atomic E-state index is 13.4. The van der Waals surface area contributed by atoms with Gasteiger partial charge in [0.05, 0.1) is 9.80 Å². The van der Waals surface area contributed by atoms with Crippen molar-refractivity contribution in [2.24, 2.45) is 0 Å². The van der Waals surface area contributed by atoms with Crippen LogP contribution in [0.3, 0.4) is 0 Å². The Kier molecular flexibility index (Phi) is 4.60. The molecule has 1 heterocycles. The number of rotatable bonds is 4. The molecule has 1 aromatic heterocycles. The summed E-state index contributed by atoms with van der Waals surface area (Å²) in [6.45, 7) is 0. The van der Waals surface area contributed by atoms with Crippen molar-refractivity contribution in [2.75, 3.05) is 0 Å². The van der Waals surface area contributed by atoms with Crippen LogP contribution < -0.4 is 0 Å². The second kappa shape index (κ2) is 6.72. The molecule has 0 saturated heterocycles. The Morgan fingerprint density at radius 3 is 2.23 bits per heavy atom. The molecular formula is C18H10F3NO3S. The van der Waals surface area contributed by atoms with E-state index in [1.165, 1.54) is 30.3 Å². The van der Waals surface area contributed by atoms with Crippen molar-refractivity contribution in [1.29, 1.82) is 0 Å². The van der Waals surface area contributed by atoms with Gasteiger partial charge in [0, 0.05) is 11.6 Å². The largest absolute Gasteiger partial charge is 0.426 e. The molecule has 0 saturated carbocycles. The maximum atomic E-state index is 13.4. The van der Waals surface area contributed by atoms with Crippen LogP contribution in [0.1, 0.15) is 20.1 Å². The van der Waals surface area contributed by atoms with Crippen LogP contribution in [-0.2, 0) is 6.18 Å². The van der Waals surface area contributed by atoms with Crippen LogP contribution in [0.2, 0.25) is 0 Å². The lowest BCUT2D eigenvalue weighted by Gasteiger charge is -2.07. The average Bonchev–Trinajstić information content (AvgIpc) is 3.07. The normalized spacial score (nSPS) is 11.3. The van der Waals surface area contributed by atoms with Gasteiger partial charge in [-0.15, -0.1) is 11.3 Å². The van der Waals surface area contributed by atoms with Gasteiger partial charge in [-0.25, -0.2) is 0 Å². The first-order valence-electron chi connectivity index (χ1n) is 7.33. The molecule has 0 aliphatic heterocycles. The molecule has 26 heavy (non-hydrogen) atoms. The van der Waals surface area contributed by atoms with Gasteiger partial charge in [0.1, 0.15) is 10.4 Å². The molecule has 0 fully saturated rings. The van der Waals surface area contributed by atoms with Gasteiger partial charge >= 0.3 is 6.18 Å². The number of alkyl halides is 3. The van der Waals surface area contributed by atoms with E-state index in [0.29, 0.717) is 5.56 Å². The minimum atomic E-state index is -4.64. The highest BCUT2D eigenvalue weighted by molar-refractivity contribution is 7.14. The summed E-state index contributed by atoms with van der Waals surface area (Å²) in [5.74, 6) is -0.810. The van der Waals surface area contributed by atoms with Crippen LogP contribution in [0.25, 0.3) is 11.1 Å². The number of nitrogens with zero attached hydrogens (tertiary/aromatic N) is 1. The number of halogens is 3. The predicted octanol–water partition coefficient (Wildman–Crippen LogP) is 5.57. The molecule has 4 nitrogen and oxygen atoms in total. The van der Waals surface area contributed by atoms with E-state index in [4.69, 9.17) is 0 Å². The Hall–Kier alpha value is -3.00. The minimum absolute atomic E-state index is 0.120. The highest BCUT2D eigenvalue weighted by Crippen LogP contribution is 2.43. The number of nitro benzene ring substituents is 1. The smallest absolute Gasteiger partial charge is 0.287 e. The predicted molar refractivity (Wildman–Crippen MR) is 91.3 cm³/mol.